The molecule has 0 saturated heterocycles. The number of thiazole rings is 1. The van der Waals surface area contributed by atoms with Crippen molar-refractivity contribution >= 4 is 39.2 Å². The van der Waals surface area contributed by atoms with E-state index in [-0.39, 0.29) is 46.3 Å². The zero-order valence-corrected chi connectivity index (χ0v) is 22.4. The first-order valence-electron chi connectivity index (χ1n) is 13.0. The number of pyridine rings is 2. The average Bonchev–Trinajstić information content (AvgIpc) is 3.60. The van der Waals surface area contributed by atoms with Crippen molar-refractivity contribution in [1.82, 2.24) is 25.3 Å². The van der Waals surface area contributed by atoms with E-state index in [0.717, 1.165) is 25.5 Å². The third-order valence-electron chi connectivity index (χ3n) is 7.17. The van der Waals surface area contributed by atoms with Crippen molar-refractivity contribution < 1.29 is 13.6 Å². The minimum atomic E-state index is -0.662. The maximum atomic E-state index is 16.2. The van der Waals surface area contributed by atoms with Gasteiger partial charge in [0, 0.05) is 40.2 Å². The average molecular weight is 571 g/mol. The zero-order valence-electron chi connectivity index (χ0n) is 21.6. The number of nitriles is 1. The first-order valence-corrected chi connectivity index (χ1v) is 13.9. The van der Waals surface area contributed by atoms with Gasteiger partial charge in [0.2, 0.25) is 0 Å². The highest BCUT2D eigenvalue weighted by atomic mass is 32.1. The number of amides is 1. The molecule has 4 heterocycles. The molecule has 0 bridgehead atoms. The van der Waals surface area contributed by atoms with Crippen LogP contribution in [0.25, 0.3) is 33.4 Å². The Hall–Kier alpha value is -4.89. The Morgan fingerprint density at radius 1 is 1.17 bits per heavy atom. The summed E-state index contributed by atoms with van der Waals surface area (Å²) in [5.74, 6) is -1.54. The van der Waals surface area contributed by atoms with Crippen molar-refractivity contribution in [3.05, 3.63) is 77.1 Å². The van der Waals surface area contributed by atoms with Crippen LogP contribution >= 0.6 is 11.3 Å². The number of halogens is 2. The minimum Gasteiger partial charge on any atom is -0.375 e. The molecule has 0 unspecified atom stereocenters. The summed E-state index contributed by atoms with van der Waals surface area (Å²) < 4.78 is 30.4. The molecule has 1 fully saturated rings. The lowest BCUT2D eigenvalue weighted by Crippen LogP contribution is -2.42. The number of fused-ring (bicyclic) bond motifs is 1. The van der Waals surface area contributed by atoms with E-state index in [1.165, 1.54) is 17.4 Å². The Balaban J connectivity index is 1.38. The molecule has 1 amide bonds. The largest absolute Gasteiger partial charge is 0.375 e. The fraction of sp³-hybridized carbons (Fsp3) is 0.207. The van der Waals surface area contributed by atoms with Crippen LogP contribution < -0.4 is 16.4 Å². The number of aromatic nitrogens is 4. The van der Waals surface area contributed by atoms with Gasteiger partial charge in [-0.3, -0.25) is 4.79 Å². The van der Waals surface area contributed by atoms with Crippen LogP contribution in [0.1, 0.15) is 41.7 Å². The molecule has 1 saturated carbocycles. The first-order chi connectivity index (χ1) is 19.9. The van der Waals surface area contributed by atoms with E-state index in [9.17, 15) is 14.4 Å². The van der Waals surface area contributed by atoms with Crippen LogP contribution in [0.15, 0.2) is 54.2 Å². The Labute approximate surface area is 237 Å². The Morgan fingerprint density at radius 2 is 1.98 bits per heavy atom. The first kappa shape index (κ1) is 26.3. The molecule has 41 heavy (non-hydrogen) atoms. The van der Waals surface area contributed by atoms with Crippen LogP contribution in [0.5, 0.6) is 0 Å². The van der Waals surface area contributed by atoms with Gasteiger partial charge < -0.3 is 21.4 Å². The monoisotopic (exact) mass is 570 g/mol. The van der Waals surface area contributed by atoms with Gasteiger partial charge >= 0.3 is 0 Å². The standard InChI is InChI=1S/C29H24F2N8OS/c30-16-9-19-21(13-35-26(19)34-12-16)25-20(11-32)23(15-5-2-1-3-6-15)24(31)27(39-25)36-17-7-4-8-18(10-17)37-28(40)22-14-41-29(33)38-22/h1-3,5-6,9,12-14,17-18H,4,7-8,10H2,(H2,33,38)(H,34,35)(H,36,39)(H,37,40)/t17-,18+/m0/s1. The van der Waals surface area contributed by atoms with E-state index in [2.05, 4.69) is 36.6 Å². The van der Waals surface area contributed by atoms with Crippen molar-refractivity contribution in [2.24, 2.45) is 0 Å². The van der Waals surface area contributed by atoms with E-state index in [4.69, 9.17) is 5.73 Å². The van der Waals surface area contributed by atoms with Crippen LogP contribution in [-0.2, 0) is 0 Å². The molecule has 4 aromatic heterocycles. The zero-order chi connectivity index (χ0) is 28.5. The SMILES string of the molecule is N#Cc1c(-c2c[nH]c3ncc(F)cc23)nc(N[C@H]2CCC[C@@H](NC(=O)c3csc(N)n3)C2)c(F)c1-c1ccccc1. The molecule has 1 aliphatic carbocycles. The highest BCUT2D eigenvalue weighted by Gasteiger charge is 2.28. The summed E-state index contributed by atoms with van der Waals surface area (Å²) in [4.78, 5) is 28.3. The molecule has 1 aliphatic rings. The summed E-state index contributed by atoms with van der Waals surface area (Å²) in [5, 5.41) is 18.8. The third kappa shape index (κ3) is 5.19. The molecule has 12 heteroatoms. The smallest absolute Gasteiger partial charge is 0.271 e. The molecule has 0 spiro atoms. The predicted molar refractivity (Wildman–Crippen MR) is 153 cm³/mol. The highest BCUT2D eigenvalue weighted by Crippen LogP contribution is 2.39. The number of nitrogen functional groups attached to an aromatic ring is 1. The molecular formula is C29H24F2N8OS. The number of nitrogens with zero attached hydrogens (tertiary/aromatic N) is 4. The molecule has 2 atom stereocenters. The number of hydrogen-bond acceptors (Lipinski definition) is 8. The van der Waals surface area contributed by atoms with Gasteiger partial charge in [-0.1, -0.05) is 30.3 Å². The lowest BCUT2D eigenvalue weighted by Gasteiger charge is -2.31. The molecule has 5 N–H and O–H groups in total. The van der Waals surface area contributed by atoms with Crippen LogP contribution in [0, 0.1) is 23.0 Å². The highest BCUT2D eigenvalue weighted by molar-refractivity contribution is 7.13. The van der Waals surface area contributed by atoms with Crippen molar-refractivity contribution in [2.45, 2.75) is 37.8 Å². The summed E-state index contributed by atoms with van der Waals surface area (Å²) in [6.45, 7) is 0. The van der Waals surface area contributed by atoms with Crippen molar-refractivity contribution in [3.8, 4) is 28.5 Å². The van der Waals surface area contributed by atoms with Crippen LogP contribution in [0.2, 0.25) is 0 Å². The lowest BCUT2D eigenvalue weighted by atomic mass is 9.90. The van der Waals surface area contributed by atoms with Gasteiger partial charge in [-0.25, -0.2) is 23.7 Å². The number of carbonyl (C=O) groups excluding carboxylic acids is 1. The van der Waals surface area contributed by atoms with Gasteiger partial charge in [0.05, 0.1) is 17.5 Å². The molecular weight excluding hydrogens is 546 g/mol. The number of nitrogens with two attached hydrogens (primary N) is 1. The maximum absolute atomic E-state index is 16.2. The van der Waals surface area contributed by atoms with Crippen molar-refractivity contribution in [3.63, 3.8) is 0 Å². The lowest BCUT2D eigenvalue weighted by molar-refractivity contribution is 0.0922. The number of anilines is 2. The second-order valence-corrected chi connectivity index (χ2v) is 10.7. The summed E-state index contributed by atoms with van der Waals surface area (Å²) >= 11 is 1.20. The molecule has 9 nitrogen and oxygen atoms in total. The Bertz CT molecular complexity index is 1800. The molecule has 0 aliphatic heterocycles. The van der Waals surface area contributed by atoms with Gasteiger partial charge in [0.1, 0.15) is 23.2 Å². The number of rotatable bonds is 6. The van der Waals surface area contributed by atoms with Gasteiger partial charge in [-0.15, -0.1) is 11.3 Å². The van der Waals surface area contributed by atoms with E-state index >= 15 is 4.39 Å². The second kappa shape index (κ2) is 10.9. The van der Waals surface area contributed by atoms with Crippen LogP contribution in [0.3, 0.4) is 0 Å². The van der Waals surface area contributed by atoms with E-state index < -0.39 is 11.6 Å². The van der Waals surface area contributed by atoms with Crippen LogP contribution in [0.4, 0.5) is 19.7 Å². The summed E-state index contributed by atoms with van der Waals surface area (Å²) in [5.41, 5.74) is 7.62. The number of hydrogen-bond donors (Lipinski definition) is 4. The third-order valence-corrected chi connectivity index (χ3v) is 7.84. The second-order valence-electron chi connectivity index (χ2n) is 9.85. The molecule has 0 radical (unpaired) electrons. The summed E-state index contributed by atoms with van der Waals surface area (Å²) in [7, 11) is 0. The quantitative estimate of drug-likeness (QED) is 0.207. The summed E-state index contributed by atoms with van der Waals surface area (Å²) in [6.07, 6.45) is 5.51. The maximum Gasteiger partial charge on any atom is 0.271 e. The fourth-order valence-corrected chi connectivity index (χ4v) is 5.85. The topological polar surface area (TPSA) is 145 Å². The van der Waals surface area contributed by atoms with Crippen LogP contribution in [-0.4, -0.2) is 37.9 Å². The minimum absolute atomic E-state index is 0.0270. The normalized spacial score (nSPS) is 16.8. The molecule has 5 aromatic rings. The summed E-state index contributed by atoms with van der Waals surface area (Å²) in [6, 6.07) is 11.8. The van der Waals surface area contributed by atoms with Crippen molar-refractivity contribution in [2.75, 3.05) is 11.1 Å². The van der Waals surface area contributed by atoms with Gasteiger partial charge in [-0.05, 0) is 37.3 Å². The number of benzene rings is 1. The van der Waals surface area contributed by atoms with E-state index in [1.54, 1.807) is 41.9 Å². The van der Waals surface area contributed by atoms with Crippen molar-refractivity contribution in [1.29, 1.82) is 5.26 Å². The molecule has 1 aromatic carbocycles. The Kier molecular flexibility index (Phi) is 7.03. The van der Waals surface area contributed by atoms with E-state index in [1.807, 2.05) is 0 Å². The van der Waals surface area contributed by atoms with E-state index in [0.29, 0.717) is 33.7 Å². The number of carbonyl (C=O) groups is 1. The number of H-pyrrole nitrogens is 1. The van der Waals surface area contributed by atoms with Gasteiger partial charge in [0.15, 0.2) is 16.8 Å². The molecule has 6 rings (SSSR count). The number of aromatic amines is 1. The molecule has 206 valence electrons. The Morgan fingerprint density at radius 3 is 2.73 bits per heavy atom. The van der Waals surface area contributed by atoms with Gasteiger partial charge in [0.25, 0.3) is 5.91 Å². The number of nitrogens with one attached hydrogen (secondary N) is 3. The predicted octanol–water partition coefficient (Wildman–Crippen LogP) is 5.63. The fourth-order valence-electron chi connectivity index (χ4n) is 5.31. The van der Waals surface area contributed by atoms with Gasteiger partial charge in [-0.2, -0.15) is 5.26 Å².